The number of esters is 1. The average Bonchev–Trinajstić information content (AvgIpc) is 2.98. The molecule has 0 spiro atoms. The predicted molar refractivity (Wildman–Crippen MR) is 164 cm³/mol. The monoisotopic (exact) mass is 604 g/mol. The van der Waals surface area contributed by atoms with Gasteiger partial charge in [0.25, 0.3) is 0 Å². The van der Waals surface area contributed by atoms with E-state index in [0.717, 1.165) is 11.8 Å². The van der Waals surface area contributed by atoms with Gasteiger partial charge in [-0.1, -0.05) is 23.7 Å². The zero-order valence-corrected chi connectivity index (χ0v) is 24.5. The average molecular weight is 605 g/mol. The number of fused-ring (bicyclic) bond motifs is 1. The summed E-state index contributed by atoms with van der Waals surface area (Å²) < 4.78 is 12.4. The molecule has 43 heavy (non-hydrogen) atoms. The third-order valence-electron chi connectivity index (χ3n) is 8.62. The zero-order chi connectivity index (χ0) is 30.3. The molecule has 224 valence electrons. The Morgan fingerprint density at radius 2 is 1.81 bits per heavy atom. The van der Waals surface area contributed by atoms with Crippen molar-refractivity contribution in [2.45, 2.75) is 36.8 Å². The van der Waals surface area contributed by atoms with Crippen molar-refractivity contribution in [3.05, 3.63) is 81.7 Å². The summed E-state index contributed by atoms with van der Waals surface area (Å²) in [5.41, 5.74) is 6.83. The second-order valence-electron chi connectivity index (χ2n) is 11.4. The summed E-state index contributed by atoms with van der Waals surface area (Å²) in [6.07, 6.45) is 4.08. The highest BCUT2D eigenvalue weighted by Crippen LogP contribution is 2.44. The maximum atomic E-state index is 13.7. The number of ether oxygens (including phenoxy) is 1. The van der Waals surface area contributed by atoms with E-state index in [1.807, 2.05) is 24.1 Å². The van der Waals surface area contributed by atoms with E-state index in [2.05, 4.69) is 9.88 Å². The lowest BCUT2D eigenvalue weighted by Crippen LogP contribution is -2.58. The third-order valence-corrected chi connectivity index (χ3v) is 8.95. The first kappa shape index (κ1) is 29.0. The number of phenols is 2. The Morgan fingerprint density at radius 1 is 1.09 bits per heavy atom. The smallest absolute Gasteiger partial charge is 0.326 e. The Balaban J connectivity index is 1.33. The number of aromatic nitrogens is 1. The number of halogens is 1. The summed E-state index contributed by atoms with van der Waals surface area (Å²) in [6.45, 7) is 2.20. The van der Waals surface area contributed by atoms with Crippen molar-refractivity contribution >= 4 is 34.2 Å². The third kappa shape index (κ3) is 5.53. The highest BCUT2D eigenvalue weighted by Gasteiger charge is 2.43. The number of nitrogens with two attached hydrogens (primary N) is 1. The van der Waals surface area contributed by atoms with Crippen LogP contribution in [0.1, 0.15) is 30.7 Å². The highest BCUT2D eigenvalue weighted by atomic mass is 35.5. The quantitative estimate of drug-likeness (QED) is 0.283. The molecule has 10 nitrogen and oxygen atoms in total. The molecule has 0 saturated carbocycles. The number of benzene rings is 2. The van der Waals surface area contributed by atoms with E-state index >= 15 is 0 Å². The van der Waals surface area contributed by atoms with E-state index in [0.29, 0.717) is 61.6 Å². The molecule has 11 heteroatoms. The van der Waals surface area contributed by atoms with Gasteiger partial charge in [-0.3, -0.25) is 14.6 Å². The number of hydrogen-bond acceptors (Lipinski definition) is 10. The predicted octanol–water partition coefficient (Wildman–Crippen LogP) is 4.25. The van der Waals surface area contributed by atoms with E-state index < -0.39 is 34.7 Å². The number of likely N-dealkylation sites (N-methyl/N-ethyl adjacent to an activating group) is 1. The summed E-state index contributed by atoms with van der Waals surface area (Å²) in [7, 11) is 1.92. The van der Waals surface area contributed by atoms with E-state index in [1.165, 1.54) is 6.07 Å². The van der Waals surface area contributed by atoms with E-state index in [4.69, 9.17) is 26.5 Å². The van der Waals surface area contributed by atoms with Crippen molar-refractivity contribution in [1.82, 2.24) is 9.88 Å². The number of nitrogens with zero attached hydrogens (tertiary/aromatic N) is 3. The van der Waals surface area contributed by atoms with Gasteiger partial charge >= 0.3 is 5.97 Å². The molecular weight excluding hydrogens is 572 g/mol. The molecule has 2 saturated heterocycles. The fraction of sp³-hybridized carbons (Fsp3) is 0.344. The van der Waals surface area contributed by atoms with Gasteiger partial charge in [0.2, 0.25) is 0 Å². The van der Waals surface area contributed by atoms with Crippen LogP contribution in [0.2, 0.25) is 5.02 Å². The lowest BCUT2D eigenvalue weighted by molar-refractivity contribution is -0.160. The van der Waals surface area contributed by atoms with Gasteiger partial charge in [-0.25, -0.2) is 0 Å². The Morgan fingerprint density at radius 3 is 2.53 bits per heavy atom. The SMILES string of the molecule is CN1CC[C@H](c2c(O)cc(O)c3c(=O)cc(-c4ccccc4Cl)oc23)[C@H](OC(=O)C2(N)CCN(c3ccncc3)CC2)C1. The second-order valence-corrected chi connectivity index (χ2v) is 11.8. The van der Waals surface area contributed by atoms with Gasteiger partial charge in [0.15, 0.2) is 5.43 Å². The number of hydrogen-bond donors (Lipinski definition) is 3. The first-order valence-corrected chi connectivity index (χ1v) is 14.6. The Hall–Kier alpha value is -4.12. The molecular formula is C32H33ClN4O6. The number of pyridine rings is 1. The van der Waals surface area contributed by atoms with Gasteiger partial charge < -0.3 is 34.9 Å². The lowest BCUT2D eigenvalue weighted by atomic mass is 9.84. The molecule has 4 heterocycles. The summed E-state index contributed by atoms with van der Waals surface area (Å²) in [5.74, 6) is -1.51. The van der Waals surface area contributed by atoms with Crippen molar-refractivity contribution in [2.75, 3.05) is 38.1 Å². The van der Waals surface area contributed by atoms with Gasteiger partial charge in [0, 0.05) is 66.9 Å². The molecule has 2 aromatic carbocycles. The van der Waals surface area contributed by atoms with Gasteiger partial charge in [0.05, 0.1) is 5.02 Å². The molecule has 0 unspecified atom stereocenters. The van der Waals surface area contributed by atoms with Crippen molar-refractivity contribution in [1.29, 1.82) is 0 Å². The number of phenolic OH excluding ortho intramolecular Hbond substituents is 2. The van der Waals surface area contributed by atoms with Crippen LogP contribution < -0.4 is 16.1 Å². The molecule has 0 amide bonds. The summed E-state index contributed by atoms with van der Waals surface area (Å²) >= 11 is 6.40. The molecule has 4 aromatic rings. The number of likely N-dealkylation sites (tertiary alicyclic amines) is 1. The molecule has 2 fully saturated rings. The Labute approximate surface area is 253 Å². The molecule has 4 N–H and O–H groups in total. The van der Waals surface area contributed by atoms with Gasteiger partial charge in [-0.05, 0) is 57.1 Å². The van der Waals surface area contributed by atoms with Gasteiger partial charge in [-0.15, -0.1) is 0 Å². The Kier molecular flexibility index (Phi) is 7.76. The first-order chi connectivity index (χ1) is 20.6. The van der Waals surface area contributed by atoms with E-state index in [1.54, 1.807) is 36.7 Å². The molecule has 0 radical (unpaired) electrons. The fourth-order valence-corrected chi connectivity index (χ4v) is 6.40. The first-order valence-electron chi connectivity index (χ1n) is 14.3. The maximum absolute atomic E-state index is 13.7. The van der Waals surface area contributed by atoms with Gasteiger partial charge in [-0.2, -0.15) is 0 Å². The molecule has 2 aromatic heterocycles. The van der Waals surface area contributed by atoms with Crippen molar-refractivity contribution in [3.8, 4) is 22.8 Å². The molecule has 2 aliphatic rings. The molecule has 0 bridgehead atoms. The van der Waals surface area contributed by atoms with Crippen LogP contribution in [-0.4, -0.2) is 70.9 Å². The standard InChI is InChI=1S/C32H33ClN4O6/c1-36-13-8-21(27(18-36)43-31(41)32(34)9-14-37(15-10-32)19-6-11-35-12-7-19)28-23(38)16-24(39)29-25(40)17-26(42-30(28)29)20-4-2-3-5-22(20)33/h2-7,11-12,16-17,21,27,38-39H,8-10,13-15,18,34H2,1H3/t21-,27+/m0/s1. The minimum atomic E-state index is -1.17. The van der Waals surface area contributed by atoms with Crippen LogP contribution in [0.5, 0.6) is 11.5 Å². The van der Waals surface area contributed by atoms with Crippen LogP contribution >= 0.6 is 11.6 Å². The van der Waals surface area contributed by atoms with Crippen molar-refractivity contribution < 1.29 is 24.2 Å². The van der Waals surface area contributed by atoms with Crippen LogP contribution in [0, 0.1) is 0 Å². The number of carbonyl (C=O) groups excluding carboxylic acids is 1. The summed E-state index contributed by atoms with van der Waals surface area (Å²) in [6, 6.07) is 13.2. The van der Waals surface area contributed by atoms with Crippen LogP contribution in [-0.2, 0) is 9.53 Å². The largest absolute Gasteiger partial charge is 0.507 e. The molecule has 6 rings (SSSR count). The van der Waals surface area contributed by atoms with Crippen LogP contribution in [0.3, 0.4) is 0 Å². The summed E-state index contributed by atoms with van der Waals surface area (Å²) in [4.78, 5) is 35.2. The second kappa shape index (κ2) is 11.5. The Bertz CT molecular complexity index is 1720. The van der Waals surface area contributed by atoms with Crippen LogP contribution in [0.15, 0.2) is 70.1 Å². The maximum Gasteiger partial charge on any atom is 0.326 e. The topological polar surface area (TPSA) is 142 Å². The van der Waals surface area contributed by atoms with E-state index in [9.17, 15) is 19.8 Å². The highest BCUT2D eigenvalue weighted by molar-refractivity contribution is 6.33. The summed E-state index contributed by atoms with van der Waals surface area (Å²) in [5, 5.41) is 22.2. The zero-order valence-electron chi connectivity index (χ0n) is 23.7. The number of anilines is 1. The van der Waals surface area contributed by atoms with Crippen LogP contribution in [0.4, 0.5) is 5.69 Å². The molecule has 0 aliphatic carbocycles. The van der Waals surface area contributed by atoms with Gasteiger partial charge in [0.1, 0.15) is 39.9 Å². The van der Waals surface area contributed by atoms with Crippen LogP contribution in [0.25, 0.3) is 22.3 Å². The van der Waals surface area contributed by atoms with E-state index in [-0.39, 0.29) is 22.5 Å². The fourth-order valence-electron chi connectivity index (χ4n) is 6.17. The minimum absolute atomic E-state index is 0.0312. The number of rotatable bonds is 5. The minimum Gasteiger partial charge on any atom is -0.507 e. The number of aromatic hydroxyl groups is 2. The molecule has 2 aliphatic heterocycles. The number of piperidine rings is 2. The molecule has 2 atom stereocenters. The van der Waals surface area contributed by atoms with Crippen molar-refractivity contribution in [3.63, 3.8) is 0 Å². The number of carbonyl (C=O) groups is 1. The normalized spacial score (nSPS) is 20.7. The lowest BCUT2D eigenvalue weighted by Gasteiger charge is -2.41. The van der Waals surface area contributed by atoms with Crippen molar-refractivity contribution in [2.24, 2.45) is 5.73 Å².